The van der Waals surface area contributed by atoms with Crippen molar-refractivity contribution in [2.45, 2.75) is 13.1 Å². The third-order valence-electron chi connectivity index (χ3n) is 3.38. The highest BCUT2D eigenvalue weighted by atomic mass is 19.1. The minimum absolute atomic E-state index is 0.0246. The fraction of sp³-hybridized carbons (Fsp3) is 0.312. The Morgan fingerprint density at radius 1 is 1.27 bits per heavy atom. The number of aromatic hydroxyl groups is 1. The van der Waals surface area contributed by atoms with Crippen molar-refractivity contribution in [2.75, 3.05) is 20.2 Å². The number of halogens is 1. The summed E-state index contributed by atoms with van der Waals surface area (Å²) in [5.41, 5.74) is 1.13. The predicted octanol–water partition coefficient (Wildman–Crippen LogP) is 1.17. The maximum Gasteiger partial charge on any atom is 0.223 e. The standard InChI is InChI=1S/C16H19FN2O3/c1-18(6-7-20)10-14-8-15(21)16(22)11-19(14)9-12-2-4-13(17)5-3-12/h2-5,8,11,20,22H,6-7,9-10H2,1H3. The molecule has 1 aromatic carbocycles. The third-order valence-corrected chi connectivity index (χ3v) is 3.38. The summed E-state index contributed by atoms with van der Waals surface area (Å²) >= 11 is 0. The van der Waals surface area contributed by atoms with E-state index in [4.69, 9.17) is 5.11 Å². The molecule has 0 unspecified atom stereocenters. The first-order chi connectivity index (χ1) is 10.5. The minimum atomic E-state index is -0.442. The molecule has 1 aromatic heterocycles. The lowest BCUT2D eigenvalue weighted by Crippen LogP contribution is -2.25. The second kappa shape index (κ2) is 7.20. The van der Waals surface area contributed by atoms with Gasteiger partial charge < -0.3 is 14.8 Å². The summed E-state index contributed by atoms with van der Waals surface area (Å²) in [6, 6.07) is 7.44. The van der Waals surface area contributed by atoms with Crippen LogP contribution in [0.1, 0.15) is 11.3 Å². The Balaban J connectivity index is 2.29. The summed E-state index contributed by atoms with van der Waals surface area (Å²) in [7, 11) is 1.83. The number of aliphatic hydroxyl groups excluding tert-OH is 1. The van der Waals surface area contributed by atoms with E-state index in [1.165, 1.54) is 24.4 Å². The van der Waals surface area contributed by atoms with Crippen molar-refractivity contribution in [1.82, 2.24) is 9.47 Å². The highest BCUT2D eigenvalue weighted by molar-refractivity contribution is 5.23. The van der Waals surface area contributed by atoms with Crippen molar-refractivity contribution >= 4 is 0 Å². The van der Waals surface area contributed by atoms with Gasteiger partial charge in [0.1, 0.15) is 5.82 Å². The summed E-state index contributed by atoms with van der Waals surface area (Å²) in [6.07, 6.45) is 1.38. The van der Waals surface area contributed by atoms with E-state index < -0.39 is 5.43 Å². The van der Waals surface area contributed by atoms with Crippen molar-refractivity contribution in [2.24, 2.45) is 0 Å². The van der Waals surface area contributed by atoms with Crippen LogP contribution in [-0.4, -0.2) is 39.9 Å². The number of hydrogen-bond acceptors (Lipinski definition) is 4. The van der Waals surface area contributed by atoms with Crippen LogP contribution in [0.15, 0.2) is 41.3 Å². The van der Waals surface area contributed by atoms with Crippen LogP contribution in [0.25, 0.3) is 0 Å². The number of nitrogens with zero attached hydrogens (tertiary/aromatic N) is 2. The zero-order valence-electron chi connectivity index (χ0n) is 12.4. The molecule has 0 fully saturated rings. The lowest BCUT2D eigenvalue weighted by Gasteiger charge is -2.19. The van der Waals surface area contributed by atoms with E-state index in [1.54, 1.807) is 16.7 Å². The molecule has 0 aliphatic heterocycles. The molecule has 22 heavy (non-hydrogen) atoms. The minimum Gasteiger partial charge on any atom is -0.503 e. The lowest BCUT2D eigenvalue weighted by molar-refractivity contribution is 0.214. The van der Waals surface area contributed by atoms with Crippen LogP contribution in [-0.2, 0) is 13.1 Å². The first-order valence-electron chi connectivity index (χ1n) is 6.96. The average Bonchev–Trinajstić information content (AvgIpc) is 2.47. The predicted molar refractivity (Wildman–Crippen MR) is 81.3 cm³/mol. The second-order valence-electron chi connectivity index (χ2n) is 5.23. The Labute approximate surface area is 127 Å². The van der Waals surface area contributed by atoms with Crippen LogP contribution >= 0.6 is 0 Å². The van der Waals surface area contributed by atoms with E-state index in [0.29, 0.717) is 25.3 Å². The summed E-state index contributed by atoms with van der Waals surface area (Å²) < 4.78 is 14.7. The molecule has 0 spiro atoms. The van der Waals surface area contributed by atoms with Gasteiger partial charge in [-0.2, -0.15) is 0 Å². The van der Waals surface area contributed by atoms with Crippen molar-refractivity contribution in [1.29, 1.82) is 0 Å². The highest BCUT2D eigenvalue weighted by Gasteiger charge is 2.09. The molecular formula is C16H19FN2O3. The van der Waals surface area contributed by atoms with Crippen LogP contribution < -0.4 is 5.43 Å². The highest BCUT2D eigenvalue weighted by Crippen LogP contribution is 2.12. The number of rotatable bonds is 6. The van der Waals surface area contributed by atoms with Gasteiger partial charge in [-0.25, -0.2) is 4.39 Å². The molecule has 2 rings (SSSR count). The largest absolute Gasteiger partial charge is 0.503 e. The number of hydrogen-bond donors (Lipinski definition) is 2. The zero-order valence-corrected chi connectivity index (χ0v) is 12.4. The van der Waals surface area contributed by atoms with Crippen LogP contribution in [0.2, 0.25) is 0 Å². The number of pyridine rings is 1. The Bertz CT molecular complexity index is 683. The van der Waals surface area contributed by atoms with Gasteiger partial charge in [-0.3, -0.25) is 9.69 Å². The SMILES string of the molecule is CN(CCO)Cc1cc(=O)c(O)cn1Cc1ccc(F)cc1. The molecule has 1 heterocycles. The van der Waals surface area contributed by atoms with Crippen LogP contribution in [0.3, 0.4) is 0 Å². The van der Waals surface area contributed by atoms with Crippen LogP contribution in [0, 0.1) is 5.82 Å². The number of likely N-dealkylation sites (N-methyl/N-ethyl adjacent to an activating group) is 1. The van der Waals surface area contributed by atoms with E-state index >= 15 is 0 Å². The van der Waals surface area contributed by atoms with Gasteiger partial charge in [-0.15, -0.1) is 0 Å². The average molecular weight is 306 g/mol. The van der Waals surface area contributed by atoms with Crippen molar-refractivity contribution in [3.05, 3.63) is 63.8 Å². The summed E-state index contributed by atoms with van der Waals surface area (Å²) in [5, 5.41) is 18.6. The summed E-state index contributed by atoms with van der Waals surface area (Å²) in [4.78, 5) is 13.5. The van der Waals surface area contributed by atoms with Gasteiger partial charge in [0.25, 0.3) is 0 Å². The molecule has 5 nitrogen and oxygen atoms in total. The maximum atomic E-state index is 13.0. The molecule has 0 saturated heterocycles. The van der Waals surface area contributed by atoms with Gasteiger partial charge in [0, 0.05) is 31.4 Å². The molecule has 0 radical (unpaired) electrons. The smallest absolute Gasteiger partial charge is 0.223 e. The molecule has 0 amide bonds. The number of benzene rings is 1. The second-order valence-corrected chi connectivity index (χ2v) is 5.23. The molecule has 0 aliphatic carbocycles. The maximum absolute atomic E-state index is 13.0. The van der Waals surface area contributed by atoms with Gasteiger partial charge in [0.2, 0.25) is 5.43 Å². The molecule has 0 saturated carbocycles. The first kappa shape index (κ1) is 16.2. The van der Waals surface area contributed by atoms with Gasteiger partial charge in [-0.05, 0) is 24.7 Å². The topological polar surface area (TPSA) is 65.7 Å². The Hall–Kier alpha value is -2.18. The van der Waals surface area contributed by atoms with Gasteiger partial charge >= 0.3 is 0 Å². The summed E-state index contributed by atoms with van der Waals surface area (Å²) in [6.45, 7) is 1.37. The summed E-state index contributed by atoms with van der Waals surface area (Å²) in [5.74, 6) is -0.634. The molecule has 2 N–H and O–H groups in total. The van der Waals surface area contributed by atoms with Crippen LogP contribution in [0.4, 0.5) is 4.39 Å². The molecule has 0 bridgehead atoms. The monoisotopic (exact) mass is 306 g/mol. The quantitative estimate of drug-likeness (QED) is 0.841. The van der Waals surface area contributed by atoms with E-state index in [2.05, 4.69) is 0 Å². The van der Waals surface area contributed by atoms with Crippen LogP contribution in [0.5, 0.6) is 5.75 Å². The van der Waals surface area contributed by atoms with Crippen molar-refractivity contribution in [3.8, 4) is 5.75 Å². The van der Waals surface area contributed by atoms with Gasteiger partial charge in [-0.1, -0.05) is 12.1 Å². The van der Waals surface area contributed by atoms with Crippen molar-refractivity contribution in [3.63, 3.8) is 0 Å². The van der Waals surface area contributed by atoms with E-state index in [1.807, 2.05) is 11.9 Å². The number of aliphatic hydroxyl groups is 1. The van der Waals surface area contributed by atoms with E-state index in [-0.39, 0.29) is 18.2 Å². The fourth-order valence-electron chi connectivity index (χ4n) is 2.20. The lowest BCUT2D eigenvalue weighted by atomic mass is 10.2. The van der Waals surface area contributed by atoms with Gasteiger partial charge in [0.15, 0.2) is 5.75 Å². The molecule has 6 heteroatoms. The molecule has 118 valence electrons. The van der Waals surface area contributed by atoms with Crippen molar-refractivity contribution < 1.29 is 14.6 Å². The van der Waals surface area contributed by atoms with Gasteiger partial charge in [0.05, 0.1) is 12.8 Å². The molecule has 0 aliphatic rings. The number of aromatic nitrogens is 1. The Morgan fingerprint density at radius 2 is 1.95 bits per heavy atom. The van der Waals surface area contributed by atoms with E-state index in [0.717, 1.165) is 5.56 Å². The Kier molecular flexibility index (Phi) is 5.30. The van der Waals surface area contributed by atoms with E-state index in [9.17, 15) is 14.3 Å². The zero-order chi connectivity index (χ0) is 16.1. The third kappa shape index (κ3) is 4.16. The fourth-order valence-corrected chi connectivity index (χ4v) is 2.20. The molecular weight excluding hydrogens is 287 g/mol. The normalized spacial score (nSPS) is 11.1. The Morgan fingerprint density at radius 3 is 2.59 bits per heavy atom. The first-order valence-corrected chi connectivity index (χ1v) is 6.96. The molecule has 2 aromatic rings. The molecule has 0 atom stereocenters.